The van der Waals surface area contributed by atoms with Crippen LogP contribution in [0.3, 0.4) is 0 Å². The lowest BCUT2D eigenvalue weighted by atomic mass is 9.95. The third-order valence-electron chi connectivity index (χ3n) is 5.00. The molecular formula is C25H22FN3O2. The Morgan fingerprint density at radius 1 is 0.903 bits per heavy atom. The highest BCUT2D eigenvalue weighted by atomic mass is 19.1. The van der Waals surface area contributed by atoms with Gasteiger partial charge in [-0.05, 0) is 65.9 Å². The number of nitrogens with one attached hydrogen (secondary N) is 2. The van der Waals surface area contributed by atoms with Crippen molar-refractivity contribution in [1.82, 2.24) is 5.32 Å². The van der Waals surface area contributed by atoms with Crippen LogP contribution in [-0.4, -0.2) is 17.9 Å². The summed E-state index contributed by atoms with van der Waals surface area (Å²) in [6.07, 6.45) is 3.45. The van der Waals surface area contributed by atoms with E-state index < -0.39 is 0 Å². The number of para-hydroxylation sites is 2. The molecule has 0 bridgehead atoms. The molecule has 5 nitrogen and oxygen atoms in total. The Labute approximate surface area is 179 Å². The highest BCUT2D eigenvalue weighted by molar-refractivity contribution is 6.07. The maximum Gasteiger partial charge on any atom is 0.255 e. The molecule has 0 aliphatic heterocycles. The van der Waals surface area contributed by atoms with Crippen molar-refractivity contribution in [3.63, 3.8) is 0 Å². The molecule has 0 unspecified atom stereocenters. The van der Waals surface area contributed by atoms with E-state index in [0.717, 1.165) is 12.8 Å². The molecule has 0 aromatic heterocycles. The molecule has 2 amide bonds. The molecule has 156 valence electrons. The van der Waals surface area contributed by atoms with Gasteiger partial charge in [0.1, 0.15) is 5.82 Å². The van der Waals surface area contributed by atoms with Crippen LogP contribution < -0.4 is 16.4 Å². The molecule has 0 spiro atoms. The molecule has 0 radical (unpaired) electrons. The Kier molecular flexibility index (Phi) is 5.80. The van der Waals surface area contributed by atoms with Gasteiger partial charge in [0, 0.05) is 17.7 Å². The van der Waals surface area contributed by atoms with E-state index in [4.69, 9.17) is 5.73 Å². The van der Waals surface area contributed by atoms with Crippen molar-refractivity contribution in [2.75, 3.05) is 11.1 Å². The summed E-state index contributed by atoms with van der Waals surface area (Å²) in [6, 6.07) is 20.1. The third kappa shape index (κ3) is 5.17. The fraction of sp³-hybridized carbons (Fsp3) is 0.120. The van der Waals surface area contributed by atoms with Crippen molar-refractivity contribution in [1.29, 1.82) is 0 Å². The van der Waals surface area contributed by atoms with Gasteiger partial charge in [-0.25, -0.2) is 4.39 Å². The van der Waals surface area contributed by atoms with Gasteiger partial charge in [-0.3, -0.25) is 9.59 Å². The van der Waals surface area contributed by atoms with E-state index in [1.54, 1.807) is 54.6 Å². The Morgan fingerprint density at radius 3 is 2.32 bits per heavy atom. The van der Waals surface area contributed by atoms with Crippen molar-refractivity contribution in [2.45, 2.75) is 18.9 Å². The minimum Gasteiger partial charge on any atom is -0.397 e. The monoisotopic (exact) mass is 415 g/mol. The van der Waals surface area contributed by atoms with Crippen LogP contribution in [0, 0.1) is 5.82 Å². The maximum atomic E-state index is 13.4. The number of amides is 2. The third-order valence-corrected chi connectivity index (χ3v) is 5.00. The molecule has 1 saturated carbocycles. The topological polar surface area (TPSA) is 84.2 Å². The lowest BCUT2D eigenvalue weighted by Gasteiger charge is -2.12. The van der Waals surface area contributed by atoms with E-state index in [1.165, 1.54) is 18.2 Å². The molecule has 0 atom stereocenters. The first-order chi connectivity index (χ1) is 15.0. The standard InChI is InChI=1S/C25H22FN3O2/c26-19-10-8-16(9-11-19)21(15-24(30)28-20-12-13-20)17-4-3-5-18(14-17)25(31)29-23-7-2-1-6-22(23)27/h1-11,14-15,20H,12-13,27H2,(H,28,30)(H,29,31)/b21-15-. The van der Waals surface area contributed by atoms with Crippen LogP contribution in [0.15, 0.2) is 78.9 Å². The average molecular weight is 415 g/mol. The molecule has 0 saturated heterocycles. The van der Waals surface area contributed by atoms with Gasteiger partial charge in [0.25, 0.3) is 5.91 Å². The number of carbonyl (C=O) groups is 2. The van der Waals surface area contributed by atoms with Crippen LogP contribution in [0.4, 0.5) is 15.8 Å². The second-order valence-electron chi connectivity index (χ2n) is 7.47. The second kappa shape index (κ2) is 8.83. The Hall–Kier alpha value is -3.93. The smallest absolute Gasteiger partial charge is 0.255 e. The van der Waals surface area contributed by atoms with Crippen molar-refractivity contribution >= 4 is 28.8 Å². The number of halogens is 1. The SMILES string of the molecule is Nc1ccccc1NC(=O)c1cccc(/C(=C\C(=O)NC2CC2)c2ccc(F)cc2)c1. The molecule has 0 heterocycles. The first-order valence-corrected chi connectivity index (χ1v) is 10.0. The van der Waals surface area contributed by atoms with Gasteiger partial charge < -0.3 is 16.4 Å². The number of hydrogen-bond acceptors (Lipinski definition) is 3. The van der Waals surface area contributed by atoms with Crippen molar-refractivity contribution in [3.8, 4) is 0 Å². The summed E-state index contributed by atoms with van der Waals surface area (Å²) in [7, 11) is 0. The van der Waals surface area contributed by atoms with E-state index in [1.807, 2.05) is 6.07 Å². The highest BCUT2D eigenvalue weighted by Gasteiger charge is 2.23. The van der Waals surface area contributed by atoms with Crippen LogP contribution in [0.25, 0.3) is 5.57 Å². The number of rotatable bonds is 6. The van der Waals surface area contributed by atoms with Crippen molar-refractivity contribution < 1.29 is 14.0 Å². The predicted octanol–water partition coefficient (Wildman–Crippen LogP) is 4.37. The second-order valence-corrected chi connectivity index (χ2v) is 7.47. The van der Waals surface area contributed by atoms with Gasteiger partial charge >= 0.3 is 0 Å². The van der Waals surface area contributed by atoms with Crippen LogP contribution in [0.5, 0.6) is 0 Å². The zero-order chi connectivity index (χ0) is 21.8. The van der Waals surface area contributed by atoms with Gasteiger partial charge in [-0.1, -0.05) is 36.4 Å². The minimum absolute atomic E-state index is 0.214. The number of anilines is 2. The van der Waals surface area contributed by atoms with Crippen LogP contribution in [0.2, 0.25) is 0 Å². The molecule has 3 aromatic rings. The van der Waals surface area contributed by atoms with Crippen molar-refractivity contribution in [2.24, 2.45) is 0 Å². The molecule has 3 aromatic carbocycles. The predicted molar refractivity (Wildman–Crippen MR) is 120 cm³/mol. The summed E-state index contributed by atoms with van der Waals surface area (Å²) < 4.78 is 13.4. The van der Waals surface area contributed by atoms with E-state index >= 15 is 0 Å². The number of carbonyl (C=O) groups excluding carboxylic acids is 2. The highest BCUT2D eigenvalue weighted by Crippen LogP contribution is 2.26. The number of nitrogen functional groups attached to an aromatic ring is 1. The molecular weight excluding hydrogens is 393 g/mol. The summed E-state index contributed by atoms with van der Waals surface area (Å²) in [4.78, 5) is 25.2. The summed E-state index contributed by atoms with van der Waals surface area (Å²) in [5.74, 6) is -0.895. The van der Waals surface area contributed by atoms with Gasteiger partial charge in [0.2, 0.25) is 5.91 Å². The number of nitrogens with two attached hydrogens (primary N) is 1. The Morgan fingerprint density at radius 2 is 1.61 bits per heavy atom. The number of hydrogen-bond donors (Lipinski definition) is 3. The van der Waals surface area contributed by atoms with E-state index in [9.17, 15) is 14.0 Å². The fourth-order valence-corrected chi connectivity index (χ4v) is 3.20. The quantitative estimate of drug-likeness (QED) is 0.413. The molecule has 6 heteroatoms. The molecule has 4 rings (SSSR count). The molecule has 31 heavy (non-hydrogen) atoms. The molecule has 1 fully saturated rings. The number of benzene rings is 3. The summed E-state index contributed by atoms with van der Waals surface area (Å²) in [5, 5.41) is 5.73. The first-order valence-electron chi connectivity index (χ1n) is 10.0. The lowest BCUT2D eigenvalue weighted by molar-refractivity contribution is -0.116. The van der Waals surface area contributed by atoms with Gasteiger partial charge in [0.05, 0.1) is 11.4 Å². The molecule has 1 aliphatic rings. The largest absolute Gasteiger partial charge is 0.397 e. The first kappa shape index (κ1) is 20.3. The average Bonchev–Trinajstić information content (AvgIpc) is 3.58. The summed E-state index contributed by atoms with van der Waals surface area (Å²) in [5.41, 5.74) is 9.27. The Bertz CT molecular complexity index is 1150. The summed E-state index contributed by atoms with van der Waals surface area (Å²) in [6.45, 7) is 0. The van der Waals surface area contributed by atoms with E-state index in [2.05, 4.69) is 10.6 Å². The van der Waals surface area contributed by atoms with Crippen LogP contribution in [0.1, 0.15) is 34.3 Å². The lowest BCUT2D eigenvalue weighted by Crippen LogP contribution is -2.23. The van der Waals surface area contributed by atoms with Gasteiger partial charge in [-0.2, -0.15) is 0 Å². The van der Waals surface area contributed by atoms with Crippen LogP contribution >= 0.6 is 0 Å². The minimum atomic E-state index is -0.362. The zero-order valence-corrected chi connectivity index (χ0v) is 16.8. The normalized spacial score (nSPS) is 13.5. The molecule has 4 N–H and O–H groups in total. The van der Waals surface area contributed by atoms with Gasteiger partial charge in [-0.15, -0.1) is 0 Å². The van der Waals surface area contributed by atoms with Crippen molar-refractivity contribution in [3.05, 3.63) is 101 Å². The van der Waals surface area contributed by atoms with E-state index in [-0.39, 0.29) is 23.7 Å². The molecule has 1 aliphatic carbocycles. The Balaban J connectivity index is 1.66. The summed E-state index contributed by atoms with van der Waals surface area (Å²) >= 11 is 0. The fourth-order valence-electron chi connectivity index (χ4n) is 3.20. The zero-order valence-electron chi connectivity index (χ0n) is 16.8. The van der Waals surface area contributed by atoms with Crippen LogP contribution in [-0.2, 0) is 4.79 Å². The maximum absolute atomic E-state index is 13.4. The van der Waals surface area contributed by atoms with Gasteiger partial charge in [0.15, 0.2) is 0 Å². The van der Waals surface area contributed by atoms with E-state index in [0.29, 0.717) is 33.6 Å².